The molecule has 0 amide bonds. The molecular formula is C20H19N5. The second-order valence-corrected chi connectivity index (χ2v) is 5.91. The van der Waals surface area contributed by atoms with Gasteiger partial charge in [-0.05, 0) is 42.7 Å². The van der Waals surface area contributed by atoms with Gasteiger partial charge in [-0.3, -0.25) is 0 Å². The predicted molar refractivity (Wildman–Crippen MR) is 101 cm³/mol. The maximum absolute atomic E-state index is 4.87. The molecule has 5 nitrogen and oxygen atoms in total. The second kappa shape index (κ2) is 6.73. The number of nitrogens with zero attached hydrogens (tertiary/aromatic N) is 3. The van der Waals surface area contributed by atoms with Gasteiger partial charge in [-0.1, -0.05) is 24.3 Å². The van der Waals surface area contributed by atoms with Gasteiger partial charge in [0, 0.05) is 24.3 Å². The van der Waals surface area contributed by atoms with Crippen molar-refractivity contribution < 1.29 is 0 Å². The van der Waals surface area contributed by atoms with Crippen molar-refractivity contribution >= 4 is 28.0 Å². The lowest BCUT2D eigenvalue weighted by Gasteiger charge is -2.16. The lowest BCUT2D eigenvalue weighted by Crippen LogP contribution is -2.07. The van der Waals surface area contributed by atoms with Gasteiger partial charge >= 0.3 is 0 Å². The number of para-hydroxylation sites is 1. The van der Waals surface area contributed by atoms with E-state index < -0.39 is 0 Å². The van der Waals surface area contributed by atoms with Gasteiger partial charge in [0.2, 0.25) is 0 Å². The first-order chi connectivity index (χ1) is 12.3. The monoisotopic (exact) mass is 329 g/mol. The number of allylic oxidation sites excluding steroid dienone is 3. The lowest BCUT2D eigenvalue weighted by molar-refractivity contribution is 0.949. The number of hydrogen-bond donors (Lipinski definition) is 2. The van der Waals surface area contributed by atoms with Crippen molar-refractivity contribution in [3.63, 3.8) is 0 Å². The van der Waals surface area contributed by atoms with E-state index in [0.29, 0.717) is 0 Å². The summed E-state index contributed by atoms with van der Waals surface area (Å²) in [6.07, 6.45) is 9.67. The number of likely N-dealkylation sites (N-methyl/N-ethyl adjacent to an activating group) is 1. The first-order valence-electron chi connectivity index (χ1n) is 8.35. The van der Waals surface area contributed by atoms with Crippen LogP contribution in [-0.4, -0.2) is 22.0 Å². The van der Waals surface area contributed by atoms with Crippen LogP contribution in [-0.2, 0) is 0 Å². The topological polar surface area (TPSA) is 62.7 Å². The molecule has 3 aromatic rings. The largest absolute Gasteiger partial charge is 0.388 e. The molecule has 1 aliphatic rings. The fourth-order valence-electron chi connectivity index (χ4n) is 3.02. The van der Waals surface area contributed by atoms with E-state index in [2.05, 4.69) is 44.9 Å². The lowest BCUT2D eigenvalue weighted by atomic mass is 9.98. The van der Waals surface area contributed by atoms with E-state index >= 15 is 0 Å². The number of rotatable bonds is 4. The van der Waals surface area contributed by atoms with Crippen molar-refractivity contribution in [3.05, 3.63) is 72.5 Å². The average Bonchev–Trinajstić information content (AvgIpc) is 2.69. The average molecular weight is 329 g/mol. The summed E-state index contributed by atoms with van der Waals surface area (Å²) in [5.41, 5.74) is 5.35. The van der Waals surface area contributed by atoms with Crippen LogP contribution in [0.3, 0.4) is 0 Å². The molecule has 0 aliphatic heterocycles. The van der Waals surface area contributed by atoms with Crippen LogP contribution < -0.4 is 10.6 Å². The molecule has 124 valence electrons. The van der Waals surface area contributed by atoms with Crippen molar-refractivity contribution in [1.82, 2.24) is 20.3 Å². The summed E-state index contributed by atoms with van der Waals surface area (Å²) in [4.78, 5) is 13.1. The van der Waals surface area contributed by atoms with Gasteiger partial charge < -0.3 is 10.6 Å². The zero-order valence-corrected chi connectivity index (χ0v) is 14.0. The number of benzene rings is 1. The van der Waals surface area contributed by atoms with Crippen molar-refractivity contribution in [3.8, 4) is 0 Å². The maximum atomic E-state index is 4.87. The number of aromatic nitrogens is 3. The van der Waals surface area contributed by atoms with E-state index in [1.807, 2.05) is 31.3 Å². The van der Waals surface area contributed by atoms with Gasteiger partial charge in [0.15, 0.2) is 0 Å². The molecule has 0 saturated heterocycles. The van der Waals surface area contributed by atoms with Crippen molar-refractivity contribution in [2.45, 2.75) is 12.8 Å². The van der Waals surface area contributed by atoms with E-state index in [1.165, 1.54) is 5.57 Å². The molecule has 2 heterocycles. The van der Waals surface area contributed by atoms with Crippen molar-refractivity contribution in [2.24, 2.45) is 0 Å². The molecule has 0 saturated carbocycles. The Balaban J connectivity index is 1.81. The molecule has 1 aliphatic carbocycles. The Morgan fingerprint density at radius 2 is 2.04 bits per heavy atom. The van der Waals surface area contributed by atoms with Crippen LogP contribution in [0.2, 0.25) is 0 Å². The van der Waals surface area contributed by atoms with Gasteiger partial charge in [-0.25, -0.2) is 15.0 Å². The molecule has 0 bridgehead atoms. The quantitative estimate of drug-likeness (QED) is 0.756. The molecule has 0 spiro atoms. The summed E-state index contributed by atoms with van der Waals surface area (Å²) in [5.74, 6) is 0.769. The molecule has 25 heavy (non-hydrogen) atoms. The van der Waals surface area contributed by atoms with E-state index in [4.69, 9.17) is 4.98 Å². The van der Waals surface area contributed by atoms with Crippen LogP contribution in [0.1, 0.15) is 18.5 Å². The highest BCUT2D eigenvalue weighted by atomic mass is 15.0. The van der Waals surface area contributed by atoms with E-state index in [0.717, 1.165) is 46.6 Å². The third kappa shape index (κ3) is 3.21. The SMILES string of the molecule is CNC1=CCCC(c2cc(Nc3ccncn3)c3ccccc3n2)=C1. The Labute approximate surface area is 146 Å². The molecule has 0 fully saturated rings. The second-order valence-electron chi connectivity index (χ2n) is 5.91. The fraction of sp³-hybridized carbons (Fsp3) is 0.150. The van der Waals surface area contributed by atoms with Crippen LogP contribution in [0.5, 0.6) is 0 Å². The maximum Gasteiger partial charge on any atom is 0.133 e. The normalized spacial score (nSPS) is 14.0. The Hall–Kier alpha value is -3.21. The van der Waals surface area contributed by atoms with Gasteiger partial charge in [-0.2, -0.15) is 0 Å². The number of hydrogen-bond acceptors (Lipinski definition) is 5. The van der Waals surface area contributed by atoms with Crippen LogP contribution >= 0.6 is 0 Å². The van der Waals surface area contributed by atoms with Crippen molar-refractivity contribution in [1.29, 1.82) is 0 Å². The molecule has 0 radical (unpaired) electrons. The van der Waals surface area contributed by atoms with E-state index in [-0.39, 0.29) is 0 Å². The summed E-state index contributed by atoms with van der Waals surface area (Å²) >= 11 is 0. The number of pyridine rings is 1. The zero-order valence-electron chi connectivity index (χ0n) is 14.0. The van der Waals surface area contributed by atoms with Crippen LogP contribution in [0.25, 0.3) is 16.5 Å². The number of fused-ring (bicyclic) bond motifs is 1. The standard InChI is InChI=1S/C20H19N5/c1-21-15-6-4-5-14(11-15)18-12-19(25-20-9-10-22-13-23-20)16-7-2-3-8-17(16)24-18/h2-3,6-13,21H,4-5H2,1H3,(H,22,23,24,25). The Morgan fingerprint density at radius 1 is 1.12 bits per heavy atom. The first-order valence-corrected chi connectivity index (χ1v) is 8.35. The summed E-state index contributed by atoms with van der Waals surface area (Å²) in [5, 5.41) is 7.70. The summed E-state index contributed by atoms with van der Waals surface area (Å²) in [7, 11) is 1.95. The minimum atomic E-state index is 0.769. The predicted octanol–water partition coefficient (Wildman–Crippen LogP) is 4.05. The summed E-state index contributed by atoms with van der Waals surface area (Å²) < 4.78 is 0. The summed E-state index contributed by atoms with van der Waals surface area (Å²) in [6.45, 7) is 0. The zero-order chi connectivity index (χ0) is 17.1. The Bertz CT molecular complexity index is 960. The van der Waals surface area contributed by atoms with Crippen molar-refractivity contribution in [2.75, 3.05) is 12.4 Å². The minimum absolute atomic E-state index is 0.769. The van der Waals surface area contributed by atoms with Crippen LogP contribution in [0.15, 0.2) is 66.8 Å². The molecule has 0 atom stereocenters. The molecule has 1 aromatic carbocycles. The number of nitrogens with one attached hydrogen (secondary N) is 2. The van der Waals surface area contributed by atoms with E-state index in [1.54, 1.807) is 12.5 Å². The van der Waals surface area contributed by atoms with Gasteiger partial charge in [-0.15, -0.1) is 0 Å². The molecule has 2 aromatic heterocycles. The minimum Gasteiger partial charge on any atom is -0.388 e. The van der Waals surface area contributed by atoms with E-state index in [9.17, 15) is 0 Å². The van der Waals surface area contributed by atoms with Gasteiger partial charge in [0.1, 0.15) is 12.1 Å². The first kappa shape index (κ1) is 15.3. The summed E-state index contributed by atoms with van der Waals surface area (Å²) in [6, 6.07) is 12.1. The molecule has 0 unspecified atom stereocenters. The molecular weight excluding hydrogens is 310 g/mol. The highest BCUT2D eigenvalue weighted by Gasteiger charge is 2.12. The van der Waals surface area contributed by atoms with Crippen LogP contribution in [0.4, 0.5) is 11.5 Å². The highest BCUT2D eigenvalue weighted by molar-refractivity contribution is 5.94. The van der Waals surface area contributed by atoms with Gasteiger partial charge in [0.25, 0.3) is 0 Å². The molecule has 5 heteroatoms. The molecule has 2 N–H and O–H groups in total. The Kier molecular flexibility index (Phi) is 4.12. The highest BCUT2D eigenvalue weighted by Crippen LogP contribution is 2.31. The molecule has 4 rings (SSSR count). The fourth-order valence-corrected chi connectivity index (χ4v) is 3.02. The number of anilines is 2. The van der Waals surface area contributed by atoms with Crippen LogP contribution in [0, 0.1) is 0 Å². The Morgan fingerprint density at radius 3 is 2.88 bits per heavy atom. The van der Waals surface area contributed by atoms with Gasteiger partial charge in [0.05, 0.1) is 16.9 Å². The third-order valence-electron chi connectivity index (χ3n) is 4.29. The smallest absolute Gasteiger partial charge is 0.133 e. The third-order valence-corrected chi connectivity index (χ3v) is 4.29.